The summed E-state index contributed by atoms with van der Waals surface area (Å²) in [5, 5.41) is 0. The second-order valence-corrected chi connectivity index (χ2v) is 1.94. The topological polar surface area (TPSA) is 9.23 Å². The van der Waals surface area contributed by atoms with Gasteiger partial charge in [-0.2, -0.15) is 13.2 Å². The minimum Gasteiger partial charge on any atom is -0.363 e. The van der Waals surface area contributed by atoms with E-state index in [4.69, 9.17) is 0 Å². The fraction of sp³-hybridized carbons (Fsp3) is 0.800. The molecule has 1 nitrogen and oxygen atoms in total. The second kappa shape index (κ2) is 2.17. The lowest BCUT2D eigenvalue weighted by Gasteiger charge is -2.04. The summed E-state index contributed by atoms with van der Waals surface area (Å²) in [6, 6.07) is 0. The van der Waals surface area contributed by atoms with E-state index >= 15 is 0 Å². The van der Waals surface area contributed by atoms with E-state index in [1.165, 1.54) is 0 Å². The molecule has 0 N–H and O–H groups in total. The van der Waals surface area contributed by atoms with Crippen LogP contribution in [0.5, 0.6) is 0 Å². The van der Waals surface area contributed by atoms with Crippen LogP contribution in [-0.2, 0) is 4.74 Å². The zero-order valence-corrected chi connectivity index (χ0v) is 4.66. The van der Waals surface area contributed by atoms with Crippen molar-refractivity contribution in [2.45, 2.75) is 19.0 Å². The van der Waals surface area contributed by atoms with Gasteiger partial charge in [0.25, 0.3) is 0 Å². The van der Waals surface area contributed by atoms with E-state index in [-0.39, 0.29) is 0 Å². The van der Waals surface area contributed by atoms with Crippen molar-refractivity contribution in [1.82, 2.24) is 0 Å². The molecule has 0 aromatic heterocycles. The van der Waals surface area contributed by atoms with Crippen LogP contribution in [0.4, 0.5) is 13.2 Å². The molecule has 0 aromatic rings. The Morgan fingerprint density at radius 1 is 1.33 bits per heavy atom. The van der Waals surface area contributed by atoms with Gasteiger partial charge in [-0.1, -0.05) is 0 Å². The highest BCUT2D eigenvalue weighted by molar-refractivity contribution is 4.95. The molecule has 0 spiro atoms. The smallest absolute Gasteiger partial charge is 0.363 e. The molecule has 0 saturated heterocycles. The monoisotopic (exact) mass is 139 g/mol. The minimum atomic E-state index is -4.17. The summed E-state index contributed by atoms with van der Waals surface area (Å²) in [7, 11) is 0. The van der Waals surface area contributed by atoms with Gasteiger partial charge in [0, 0.05) is 0 Å². The quantitative estimate of drug-likeness (QED) is 0.567. The zero-order chi connectivity index (χ0) is 6.91. The Hall–Kier alpha value is -0.250. The van der Waals surface area contributed by atoms with Crippen LogP contribution in [0.2, 0.25) is 0 Å². The third-order valence-corrected chi connectivity index (χ3v) is 0.894. The lowest BCUT2D eigenvalue weighted by atomic mass is 10.7. The van der Waals surface area contributed by atoms with Gasteiger partial charge in [0.1, 0.15) is 6.61 Å². The van der Waals surface area contributed by atoms with E-state index in [1.54, 1.807) is 0 Å². The molecule has 0 bridgehead atoms. The lowest BCUT2D eigenvalue weighted by Crippen LogP contribution is -2.15. The predicted molar refractivity (Wildman–Crippen MR) is 24.5 cm³/mol. The number of hydrogen-bond acceptors (Lipinski definition) is 1. The van der Waals surface area contributed by atoms with Crippen LogP contribution in [0.3, 0.4) is 0 Å². The molecule has 1 fully saturated rings. The maximum atomic E-state index is 11.3. The summed E-state index contributed by atoms with van der Waals surface area (Å²) in [5.41, 5.74) is 0. The Bertz CT molecular complexity index is 94.9. The van der Waals surface area contributed by atoms with Crippen molar-refractivity contribution in [2.75, 3.05) is 6.61 Å². The summed E-state index contributed by atoms with van der Waals surface area (Å²) in [6.07, 6.45) is -2.19. The van der Waals surface area contributed by atoms with Crippen LogP contribution >= 0.6 is 0 Å². The van der Waals surface area contributed by atoms with Crippen molar-refractivity contribution >= 4 is 0 Å². The molecule has 0 amide bonds. The van der Waals surface area contributed by atoms with Crippen LogP contribution in [0.15, 0.2) is 0 Å². The van der Waals surface area contributed by atoms with E-state index in [0.29, 0.717) is 18.9 Å². The molecule has 0 aromatic carbocycles. The van der Waals surface area contributed by atoms with Crippen LogP contribution < -0.4 is 0 Å². The molecule has 1 aliphatic carbocycles. The normalized spacial score (nSPS) is 20.3. The summed E-state index contributed by atoms with van der Waals surface area (Å²) in [5.74, 6) is 0. The molecule has 1 aliphatic rings. The highest BCUT2D eigenvalue weighted by atomic mass is 19.4. The van der Waals surface area contributed by atoms with Gasteiger partial charge < -0.3 is 4.74 Å². The highest BCUT2D eigenvalue weighted by Crippen LogP contribution is 2.34. The maximum absolute atomic E-state index is 11.3. The van der Waals surface area contributed by atoms with Crippen LogP contribution in [0.25, 0.3) is 0 Å². The first kappa shape index (κ1) is 6.86. The number of ether oxygens (including phenoxy) is 1. The van der Waals surface area contributed by atoms with Crippen LogP contribution in [0, 0.1) is 6.10 Å². The Balaban J connectivity index is 2.03. The van der Waals surface area contributed by atoms with E-state index < -0.39 is 12.8 Å². The van der Waals surface area contributed by atoms with Crippen molar-refractivity contribution in [3.8, 4) is 0 Å². The third kappa shape index (κ3) is 3.35. The fourth-order valence-corrected chi connectivity index (χ4v) is 0.379. The Kier molecular flexibility index (Phi) is 1.66. The molecule has 1 saturated carbocycles. The Labute approximate surface area is 50.8 Å². The highest BCUT2D eigenvalue weighted by Gasteiger charge is 2.33. The van der Waals surface area contributed by atoms with Crippen molar-refractivity contribution in [3.63, 3.8) is 0 Å². The first-order valence-electron chi connectivity index (χ1n) is 2.62. The lowest BCUT2D eigenvalue weighted by molar-refractivity contribution is -0.167. The van der Waals surface area contributed by atoms with Crippen molar-refractivity contribution in [2.24, 2.45) is 0 Å². The first-order valence-corrected chi connectivity index (χ1v) is 2.62. The predicted octanol–water partition coefficient (Wildman–Crippen LogP) is 1.89. The molecule has 0 unspecified atom stereocenters. The van der Waals surface area contributed by atoms with Gasteiger partial charge in [0.2, 0.25) is 0 Å². The zero-order valence-electron chi connectivity index (χ0n) is 4.66. The second-order valence-electron chi connectivity index (χ2n) is 1.94. The average molecular weight is 139 g/mol. The number of hydrogen-bond donors (Lipinski definition) is 0. The molecule has 1 rings (SSSR count). The summed E-state index contributed by atoms with van der Waals surface area (Å²) in [6.45, 7) is -1.12. The molecular formula is C5H6F3O. The van der Waals surface area contributed by atoms with Gasteiger partial charge in [0.15, 0.2) is 0 Å². The van der Waals surface area contributed by atoms with Crippen LogP contribution in [0.1, 0.15) is 12.8 Å². The number of rotatable bonds is 2. The van der Waals surface area contributed by atoms with E-state index in [0.717, 1.165) is 0 Å². The van der Waals surface area contributed by atoms with Gasteiger partial charge in [-0.25, -0.2) is 0 Å². The van der Waals surface area contributed by atoms with Crippen molar-refractivity contribution in [3.05, 3.63) is 6.10 Å². The number of halogens is 3. The van der Waals surface area contributed by atoms with E-state index in [9.17, 15) is 13.2 Å². The maximum Gasteiger partial charge on any atom is 0.411 e. The third-order valence-electron chi connectivity index (χ3n) is 0.894. The standard InChI is InChI=1S/C5H6F3O/c6-5(7,8)3-9-4-1-2-4/h1-3H2. The molecule has 53 valence electrons. The summed E-state index contributed by atoms with van der Waals surface area (Å²) >= 11 is 0. The minimum absolute atomic E-state index is 0.576. The average Bonchev–Trinajstić information content (AvgIpc) is 2.38. The van der Waals surface area contributed by atoms with Gasteiger partial charge in [-0.05, 0) is 12.8 Å². The van der Waals surface area contributed by atoms with Crippen molar-refractivity contribution in [1.29, 1.82) is 0 Å². The molecule has 0 aliphatic heterocycles. The molecule has 9 heavy (non-hydrogen) atoms. The van der Waals surface area contributed by atoms with E-state index in [1.807, 2.05) is 0 Å². The van der Waals surface area contributed by atoms with Crippen molar-refractivity contribution < 1.29 is 17.9 Å². The fourth-order valence-electron chi connectivity index (χ4n) is 0.379. The number of alkyl halides is 3. The largest absolute Gasteiger partial charge is 0.411 e. The Morgan fingerprint density at radius 3 is 2.22 bits per heavy atom. The van der Waals surface area contributed by atoms with Gasteiger partial charge in [0.05, 0.1) is 6.10 Å². The molecule has 1 radical (unpaired) electrons. The molecule has 0 atom stereocenters. The summed E-state index contributed by atoms with van der Waals surface area (Å²) < 4.78 is 38.2. The van der Waals surface area contributed by atoms with Gasteiger partial charge in [-0.3, -0.25) is 0 Å². The Morgan fingerprint density at radius 2 is 1.89 bits per heavy atom. The van der Waals surface area contributed by atoms with Gasteiger partial charge >= 0.3 is 6.18 Å². The molecule has 0 heterocycles. The van der Waals surface area contributed by atoms with Gasteiger partial charge in [-0.15, -0.1) is 0 Å². The van der Waals surface area contributed by atoms with Crippen LogP contribution in [-0.4, -0.2) is 12.8 Å². The molecule has 4 heteroatoms. The molecular weight excluding hydrogens is 133 g/mol. The van der Waals surface area contributed by atoms with E-state index in [2.05, 4.69) is 4.74 Å². The SMILES string of the molecule is FC(F)(F)CO[C]1CC1. The summed E-state index contributed by atoms with van der Waals surface area (Å²) in [4.78, 5) is 0. The first-order chi connectivity index (χ1) is 4.08.